The van der Waals surface area contributed by atoms with E-state index in [4.69, 9.17) is 0 Å². The first-order valence-electron chi connectivity index (χ1n) is 7.95. The second-order valence-electron chi connectivity index (χ2n) is 5.93. The topological polar surface area (TPSA) is 81.8 Å². The monoisotopic (exact) mass is 315 g/mol. The van der Waals surface area contributed by atoms with E-state index in [1.54, 1.807) is 19.3 Å². The Labute approximate surface area is 134 Å². The molecule has 2 aromatic heterocycles. The van der Waals surface area contributed by atoms with Crippen LogP contribution in [0.25, 0.3) is 0 Å². The second kappa shape index (κ2) is 6.76. The molecule has 122 valence electrons. The summed E-state index contributed by atoms with van der Waals surface area (Å²) < 4.78 is 3.21. The van der Waals surface area contributed by atoms with Crippen LogP contribution in [0.3, 0.4) is 0 Å². The van der Waals surface area contributed by atoms with Crippen molar-refractivity contribution in [1.82, 2.24) is 24.9 Å². The molecule has 0 spiro atoms. The van der Waals surface area contributed by atoms with Gasteiger partial charge < -0.3 is 5.32 Å². The maximum atomic E-state index is 12.3. The van der Waals surface area contributed by atoms with E-state index in [1.165, 1.54) is 4.68 Å². The Kier molecular flexibility index (Phi) is 4.55. The third kappa shape index (κ3) is 3.67. The zero-order valence-electron chi connectivity index (χ0n) is 13.2. The summed E-state index contributed by atoms with van der Waals surface area (Å²) in [6.07, 6.45) is 6.63. The lowest BCUT2D eigenvalue weighted by Crippen LogP contribution is -2.36. The number of amides is 1. The third-order valence-electron chi connectivity index (χ3n) is 4.25. The van der Waals surface area contributed by atoms with Crippen molar-refractivity contribution in [3.05, 3.63) is 46.1 Å². The fourth-order valence-electron chi connectivity index (χ4n) is 2.94. The van der Waals surface area contributed by atoms with Crippen LogP contribution in [0.15, 0.2) is 29.3 Å². The van der Waals surface area contributed by atoms with Gasteiger partial charge in [0.1, 0.15) is 0 Å². The minimum absolute atomic E-state index is 0.0665. The zero-order chi connectivity index (χ0) is 16.2. The molecule has 0 bridgehead atoms. The molecule has 23 heavy (non-hydrogen) atoms. The SMILES string of the molecule is Cn1nc2c(cc1=O)C[C@H](C(=O)NCCCn1cccn1)CC2. The number of fused-ring (bicyclic) bond motifs is 1. The molecule has 7 heteroatoms. The van der Waals surface area contributed by atoms with E-state index in [0.717, 1.165) is 37.1 Å². The van der Waals surface area contributed by atoms with E-state index in [2.05, 4.69) is 15.5 Å². The number of nitrogens with zero attached hydrogens (tertiary/aromatic N) is 4. The van der Waals surface area contributed by atoms with Gasteiger partial charge in [-0.25, -0.2) is 4.68 Å². The van der Waals surface area contributed by atoms with E-state index in [-0.39, 0.29) is 17.4 Å². The molecule has 0 radical (unpaired) electrons. The van der Waals surface area contributed by atoms with Crippen LogP contribution in [0.4, 0.5) is 0 Å². The van der Waals surface area contributed by atoms with Crippen LogP contribution in [0.2, 0.25) is 0 Å². The Balaban J connectivity index is 1.50. The summed E-state index contributed by atoms with van der Waals surface area (Å²) in [6.45, 7) is 1.43. The van der Waals surface area contributed by atoms with Crippen molar-refractivity contribution in [3.8, 4) is 0 Å². The quantitative estimate of drug-likeness (QED) is 0.804. The molecule has 0 fully saturated rings. The van der Waals surface area contributed by atoms with Gasteiger partial charge in [0.15, 0.2) is 0 Å². The number of hydrogen-bond donors (Lipinski definition) is 1. The number of carbonyl (C=O) groups excluding carboxylic acids is 1. The lowest BCUT2D eigenvalue weighted by atomic mass is 9.86. The molecule has 1 amide bonds. The van der Waals surface area contributed by atoms with E-state index in [1.807, 2.05) is 16.9 Å². The van der Waals surface area contributed by atoms with Gasteiger partial charge in [-0.2, -0.15) is 10.2 Å². The van der Waals surface area contributed by atoms with E-state index < -0.39 is 0 Å². The lowest BCUT2D eigenvalue weighted by molar-refractivity contribution is -0.125. The molecule has 1 aliphatic rings. The Morgan fingerprint density at radius 1 is 1.48 bits per heavy atom. The zero-order valence-corrected chi connectivity index (χ0v) is 13.2. The summed E-state index contributed by atoms with van der Waals surface area (Å²) >= 11 is 0. The van der Waals surface area contributed by atoms with Gasteiger partial charge in [0.25, 0.3) is 5.56 Å². The minimum Gasteiger partial charge on any atom is -0.356 e. The molecular weight excluding hydrogens is 294 g/mol. The van der Waals surface area contributed by atoms with Crippen LogP contribution >= 0.6 is 0 Å². The predicted molar refractivity (Wildman–Crippen MR) is 84.8 cm³/mol. The Hall–Kier alpha value is -2.44. The normalized spacial score (nSPS) is 16.8. The molecule has 2 aromatic rings. The van der Waals surface area contributed by atoms with Crippen LogP contribution in [0.5, 0.6) is 0 Å². The highest BCUT2D eigenvalue weighted by Gasteiger charge is 2.25. The van der Waals surface area contributed by atoms with Gasteiger partial charge in [0.2, 0.25) is 5.91 Å². The molecule has 2 heterocycles. The average molecular weight is 315 g/mol. The van der Waals surface area contributed by atoms with E-state index >= 15 is 0 Å². The van der Waals surface area contributed by atoms with Crippen molar-refractivity contribution in [1.29, 1.82) is 0 Å². The van der Waals surface area contributed by atoms with Crippen LogP contribution in [-0.2, 0) is 31.2 Å². The third-order valence-corrected chi connectivity index (χ3v) is 4.25. The van der Waals surface area contributed by atoms with Crippen LogP contribution in [0.1, 0.15) is 24.1 Å². The number of hydrogen-bond acceptors (Lipinski definition) is 4. The van der Waals surface area contributed by atoms with Crippen molar-refractivity contribution < 1.29 is 4.79 Å². The van der Waals surface area contributed by atoms with Gasteiger partial charge in [0, 0.05) is 44.5 Å². The number of aromatic nitrogens is 4. The van der Waals surface area contributed by atoms with Gasteiger partial charge >= 0.3 is 0 Å². The van der Waals surface area contributed by atoms with Gasteiger partial charge in [-0.1, -0.05) is 0 Å². The number of rotatable bonds is 5. The highest BCUT2D eigenvalue weighted by atomic mass is 16.2. The first kappa shape index (κ1) is 15.5. The molecular formula is C16H21N5O2. The van der Waals surface area contributed by atoms with E-state index in [0.29, 0.717) is 13.0 Å². The molecule has 1 aliphatic carbocycles. The summed E-state index contributed by atoms with van der Waals surface area (Å²) in [5.41, 5.74) is 1.73. The summed E-state index contributed by atoms with van der Waals surface area (Å²) in [5.74, 6) is -0.00194. The summed E-state index contributed by atoms with van der Waals surface area (Å²) in [4.78, 5) is 24.0. The number of nitrogens with one attached hydrogen (secondary N) is 1. The van der Waals surface area contributed by atoms with Crippen molar-refractivity contribution in [2.45, 2.75) is 32.2 Å². The van der Waals surface area contributed by atoms with Crippen LogP contribution in [0, 0.1) is 5.92 Å². The smallest absolute Gasteiger partial charge is 0.266 e. The Morgan fingerprint density at radius 3 is 3.13 bits per heavy atom. The first-order chi connectivity index (χ1) is 11.1. The van der Waals surface area contributed by atoms with Gasteiger partial charge in [-0.15, -0.1) is 0 Å². The van der Waals surface area contributed by atoms with Crippen molar-refractivity contribution in [3.63, 3.8) is 0 Å². The summed E-state index contributed by atoms with van der Waals surface area (Å²) in [5, 5.41) is 11.4. The van der Waals surface area contributed by atoms with E-state index in [9.17, 15) is 9.59 Å². The summed E-state index contributed by atoms with van der Waals surface area (Å²) in [6, 6.07) is 3.50. The van der Waals surface area contributed by atoms with Gasteiger partial charge in [0.05, 0.1) is 5.69 Å². The maximum absolute atomic E-state index is 12.3. The first-order valence-corrected chi connectivity index (χ1v) is 7.95. The Morgan fingerprint density at radius 2 is 2.35 bits per heavy atom. The average Bonchev–Trinajstić information content (AvgIpc) is 3.05. The predicted octanol–water partition coefficient (Wildman–Crippen LogP) is 0.288. The molecule has 7 nitrogen and oxygen atoms in total. The fraction of sp³-hybridized carbons (Fsp3) is 0.500. The van der Waals surface area contributed by atoms with Gasteiger partial charge in [-0.3, -0.25) is 14.3 Å². The van der Waals surface area contributed by atoms with Crippen molar-refractivity contribution in [2.24, 2.45) is 13.0 Å². The maximum Gasteiger partial charge on any atom is 0.266 e. The molecule has 0 aliphatic heterocycles. The minimum atomic E-state index is -0.121. The number of carbonyl (C=O) groups is 1. The molecule has 0 unspecified atom stereocenters. The largest absolute Gasteiger partial charge is 0.356 e. The van der Waals surface area contributed by atoms with Crippen molar-refractivity contribution >= 4 is 5.91 Å². The van der Waals surface area contributed by atoms with Crippen LogP contribution in [-0.4, -0.2) is 32.0 Å². The number of aryl methyl sites for hydroxylation is 3. The molecule has 3 rings (SSSR count). The molecule has 1 atom stereocenters. The standard InChI is InChI=1S/C16H21N5O2/c1-20-15(22)11-13-10-12(4-5-14(13)19-20)16(23)17-6-2-8-21-9-3-7-18-21/h3,7,9,11-12H,2,4-6,8,10H2,1H3,(H,17,23)/t12-/m1/s1. The molecule has 1 N–H and O–H groups in total. The molecule has 0 aromatic carbocycles. The summed E-state index contributed by atoms with van der Waals surface area (Å²) in [7, 11) is 1.65. The Bertz CT molecular complexity index is 735. The highest BCUT2D eigenvalue weighted by Crippen LogP contribution is 2.23. The second-order valence-corrected chi connectivity index (χ2v) is 5.93. The molecule has 0 saturated carbocycles. The van der Waals surface area contributed by atoms with Crippen molar-refractivity contribution in [2.75, 3.05) is 6.54 Å². The fourth-order valence-corrected chi connectivity index (χ4v) is 2.94. The lowest BCUT2D eigenvalue weighted by Gasteiger charge is -2.23. The molecule has 0 saturated heterocycles. The van der Waals surface area contributed by atoms with Crippen LogP contribution < -0.4 is 10.9 Å². The van der Waals surface area contributed by atoms with Gasteiger partial charge in [-0.05, 0) is 37.3 Å². The highest BCUT2D eigenvalue weighted by molar-refractivity contribution is 5.79.